The van der Waals surface area contributed by atoms with Gasteiger partial charge in [-0.25, -0.2) is 4.98 Å². The molecule has 8 nitrogen and oxygen atoms in total. The summed E-state index contributed by atoms with van der Waals surface area (Å²) in [5, 5.41) is 11.8. The minimum Gasteiger partial charge on any atom is -0.507 e. The molecule has 0 saturated carbocycles. The Morgan fingerprint density at radius 3 is 2.46 bits per heavy atom. The molecule has 1 amide bonds. The number of benzene rings is 3. The maximum Gasteiger partial charge on any atom is 0.301 e. The third-order valence-electron chi connectivity index (χ3n) is 7.07. The molecule has 1 aliphatic heterocycles. The molecule has 0 spiro atoms. The topological polar surface area (TPSA) is 98.2 Å². The Hall–Kier alpha value is -4.37. The Morgan fingerprint density at radius 2 is 1.76 bits per heavy atom. The monoisotopic (exact) mass is 572 g/mol. The Labute approximate surface area is 242 Å². The predicted molar refractivity (Wildman–Crippen MR) is 160 cm³/mol. The average Bonchev–Trinajstić information content (AvgIpc) is 3.52. The van der Waals surface area contributed by atoms with Gasteiger partial charge in [-0.15, -0.1) is 0 Å². The highest BCUT2D eigenvalue weighted by Gasteiger charge is 2.48. The van der Waals surface area contributed by atoms with Crippen molar-refractivity contribution in [3.05, 3.63) is 82.9 Å². The lowest BCUT2D eigenvalue weighted by Gasteiger charge is -2.24. The lowest BCUT2D eigenvalue weighted by molar-refractivity contribution is -0.132. The Morgan fingerprint density at radius 1 is 0.976 bits per heavy atom. The molecule has 41 heavy (non-hydrogen) atoms. The number of unbranched alkanes of at least 4 members (excludes halogenated alkanes) is 2. The summed E-state index contributed by atoms with van der Waals surface area (Å²) >= 11 is 1.27. The molecule has 0 bridgehead atoms. The number of aromatic nitrogens is 1. The van der Waals surface area contributed by atoms with Crippen molar-refractivity contribution in [2.45, 2.75) is 39.2 Å². The smallest absolute Gasteiger partial charge is 0.301 e. The standard InChI is InChI=1S/C32H32N2O6S/c1-5-6-7-16-40-24-15-12-21(17-25(24)39-4)28-27(29(35)20-10-8-19(2)9-11-20)30(36)31(37)34(28)32-33-23-14-13-22(38-3)18-26(23)41-32/h8-15,17-18,28,35H,5-7,16H2,1-4H3/b29-27+. The number of ether oxygens (including phenoxy) is 3. The van der Waals surface area contributed by atoms with Gasteiger partial charge in [0.25, 0.3) is 5.78 Å². The van der Waals surface area contributed by atoms with Crippen LogP contribution < -0.4 is 19.1 Å². The first-order valence-electron chi connectivity index (χ1n) is 13.5. The van der Waals surface area contributed by atoms with Crippen molar-refractivity contribution < 1.29 is 28.9 Å². The van der Waals surface area contributed by atoms with Crippen LogP contribution in [0, 0.1) is 6.92 Å². The van der Waals surface area contributed by atoms with Crippen LogP contribution in [0.15, 0.2) is 66.2 Å². The lowest BCUT2D eigenvalue weighted by Crippen LogP contribution is -2.29. The number of nitrogens with zero attached hydrogens (tertiary/aromatic N) is 2. The van der Waals surface area contributed by atoms with Gasteiger partial charge in [0, 0.05) is 5.56 Å². The molecule has 4 aromatic rings. The number of thiazole rings is 1. The Balaban J connectivity index is 1.65. The van der Waals surface area contributed by atoms with Crippen LogP contribution in [0.3, 0.4) is 0 Å². The highest BCUT2D eigenvalue weighted by atomic mass is 32.1. The molecule has 2 heterocycles. The van der Waals surface area contributed by atoms with E-state index in [0.29, 0.717) is 45.6 Å². The lowest BCUT2D eigenvalue weighted by atomic mass is 9.95. The fraction of sp³-hybridized carbons (Fsp3) is 0.281. The molecule has 0 radical (unpaired) electrons. The Bertz CT molecular complexity index is 1630. The summed E-state index contributed by atoms with van der Waals surface area (Å²) in [5.41, 5.74) is 2.67. The number of amides is 1. The zero-order valence-corrected chi connectivity index (χ0v) is 24.3. The van der Waals surface area contributed by atoms with Gasteiger partial charge in [0.05, 0.1) is 42.7 Å². The zero-order valence-electron chi connectivity index (χ0n) is 23.5. The van der Waals surface area contributed by atoms with E-state index in [1.54, 1.807) is 56.7 Å². The van der Waals surface area contributed by atoms with Gasteiger partial charge in [-0.2, -0.15) is 0 Å². The fourth-order valence-corrected chi connectivity index (χ4v) is 5.86. The molecule has 1 saturated heterocycles. The zero-order chi connectivity index (χ0) is 29.1. The second-order valence-corrected chi connectivity index (χ2v) is 10.8. The molecule has 1 aromatic heterocycles. The summed E-state index contributed by atoms with van der Waals surface area (Å²) < 4.78 is 17.8. The number of Topliss-reactive ketones (excluding diaryl/α,β-unsaturated/α-hetero) is 1. The fourth-order valence-electron chi connectivity index (χ4n) is 4.84. The molecule has 9 heteroatoms. The number of ketones is 1. The summed E-state index contributed by atoms with van der Waals surface area (Å²) in [4.78, 5) is 33.3. The van der Waals surface area contributed by atoms with Crippen LogP contribution in [0.4, 0.5) is 5.13 Å². The molecule has 0 aliphatic carbocycles. The molecular formula is C32H32N2O6S. The second-order valence-electron chi connectivity index (χ2n) is 9.83. The van der Waals surface area contributed by atoms with Gasteiger partial charge in [0.1, 0.15) is 11.5 Å². The van der Waals surface area contributed by atoms with E-state index in [4.69, 9.17) is 14.2 Å². The number of anilines is 1. The highest BCUT2D eigenvalue weighted by molar-refractivity contribution is 7.22. The molecule has 1 atom stereocenters. The van der Waals surface area contributed by atoms with E-state index in [2.05, 4.69) is 11.9 Å². The number of rotatable bonds is 10. The minimum atomic E-state index is -0.943. The number of fused-ring (bicyclic) bond motifs is 1. The molecule has 5 rings (SSSR count). The number of aliphatic hydroxyl groups is 1. The summed E-state index contributed by atoms with van der Waals surface area (Å²) in [6.45, 7) is 4.61. The average molecular weight is 573 g/mol. The maximum absolute atomic E-state index is 13.6. The number of aryl methyl sites for hydroxylation is 1. The number of methoxy groups -OCH3 is 2. The van der Waals surface area contributed by atoms with Crippen molar-refractivity contribution in [3.8, 4) is 17.2 Å². The third-order valence-corrected chi connectivity index (χ3v) is 8.09. The molecule has 1 N–H and O–H groups in total. The van der Waals surface area contributed by atoms with Crippen molar-refractivity contribution in [2.75, 3.05) is 25.7 Å². The van der Waals surface area contributed by atoms with Gasteiger partial charge in [0.15, 0.2) is 16.6 Å². The summed E-state index contributed by atoms with van der Waals surface area (Å²) in [7, 11) is 3.12. The van der Waals surface area contributed by atoms with Gasteiger partial charge < -0.3 is 19.3 Å². The normalized spacial score (nSPS) is 16.4. The van der Waals surface area contributed by atoms with Crippen LogP contribution in [0.5, 0.6) is 17.2 Å². The van der Waals surface area contributed by atoms with E-state index in [0.717, 1.165) is 29.5 Å². The predicted octanol–water partition coefficient (Wildman–Crippen LogP) is 6.82. The number of carbonyl (C=O) groups excluding carboxylic acids is 2. The Kier molecular flexibility index (Phi) is 8.26. The number of hydrogen-bond donors (Lipinski definition) is 1. The van der Waals surface area contributed by atoms with Crippen molar-refractivity contribution in [3.63, 3.8) is 0 Å². The second kappa shape index (κ2) is 12.0. The molecular weight excluding hydrogens is 540 g/mol. The first-order chi connectivity index (χ1) is 19.9. The number of carbonyl (C=O) groups is 2. The molecule has 1 unspecified atom stereocenters. The van der Waals surface area contributed by atoms with E-state index < -0.39 is 17.7 Å². The maximum atomic E-state index is 13.6. The van der Waals surface area contributed by atoms with Crippen molar-refractivity contribution in [1.82, 2.24) is 4.98 Å². The molecule has 1 fully saturated rings. The van der Waals surface area contributed by atoms with E-state index in [1.807, 2.05) is 25.1 Å². The van der Waals surface area contributed by atoms with Crippen LogP contribution in [0.25, 0.3) is 16.0 Å². The summed E-state index contributed by atoms with van der Waals surface area (Å²) in [5.74, 6) is -0.122. The van der Waals surface area contributed by atoms with Gasteiger partial charge in [-0.3, -0.25) is 14.5 Å². The van der Waals surface area contributed by atoms with Crippen molar-refractivity contribution >= 4 is 44.1 Å². The van der Waals surface area contributed by atoms with Crippen molar-refractivity contribution in [1.29, 1.82) is 0 Å². The largest absolute Gasteiger partial charge is 0.507 e. The summed E-state index contributed by atoms with van der Waals surface area (Å²) in [6, 6.07) is 16.9. The highest BCUT2D eigenvalue weighted by Crippen LogP contribution is 2.46. The van der Waals surface area contributed by atoms with E-state index in [1.165, 1.54) is 16.2 Å². The van der Waals surface area contributed by atoms with Gasteiger partial charge in [-0.1, -0.05) is 67.0 Å². The van der Waals surface area contributed by atoms with Gasteiger partial charge >= 0.3 is 5.91 Å². The third kappa shape index (κ3) is 5.50. The quantitative estimate of drug-likeness (QED) is 0.0964. The number of aliphatic hydroxyl groups excluding tert-OH is 1. The van der Waals surface area contributed by atoms with Crippen LogP contribution in [0.1, 0.15) is 48.9 Å². The van der Waals surface area contributed by atoms with Gasteiger partial charge in [-0.05, 0) is 49.2 Å². The van der Waals surface area contributed by atoms with E-state index in [-0.39, 0.29) is 11.3 Å². The van der Waals surface area contributed by atoms with E-state index in [9.17, 15) is 14.7 Å². The van der Waals surface area contributed by atoms with Crippen LogP contribution in [-0.2, 0) is 9.59 Å². The molecule has 212 valence electrons. The molecule has 1 aliphatic rings. The van der Waals surface area contributed by atoms with Crippen molar-refractivity contribution in [2.24, 2.45) is 0 Å². The number of hydrogen-bond acceptors (Lipinski definition) is 8. The summed E-state index contributed by atoms with van der Waals surface area (Å²) in [6.07, 6.45) is 3.06. The first-order valence-corrected chi connectivity index (χ1v) is 14.3. The first kappa shape index (κ1) is 28.2. The van der Waals surface area contributed by atoms with Crippen LogP contribution >= 0.6 is 11.3 Å². The van der Waals surface area contributed by atoms with E-state index >= 15 is 0 Å². The van der Waals surface area contributed by atoms with Gasteiger partial charge in [0.2, 0.25) is 0 Å². The SMILES string of the molecule is CCCCCOc1ccc(C2/C(=C(\O)c3ccc(C)cc3)C(=O)C(=O)N2c2nc3ccc(OC)cc3s2)cc1OC. The molecule has 3 aromatic carbocycles. The van der Waals surface area contributed by atoms with Crippen LogP contribution in [0.2, 0.25) is 0 Å². The minimum absolute atomic E-state index is 0.0191. The van der Waals surface area contributed by atoms with Crippen LogP contribution in [-0.4, -0.2) is 42.6 Å².